The third-order valence-corrected chi connectivity index (χ3v) is 4.66. The summed E-state index contributed by atoms with van der Waals surface area (Å²) in [5.74, 6) is 0.469. The fourth-order valence-electron chi connectivity index (χ4n) is 3.26. The molecule has 154 valence electrons. The van der Waals surface area contributed by atoms with Crippen LogP contribution >= 0.6 is 0 Å². The van der Waals surface area contributed by atoms with E-state index in [1.54, 1.807) is 48.5 Å². The number of nitriles is 1. The highest BCUT2D eigenvalue weighted by Crippen LogP contribution is 2.21. The van der Waals surface area contributed by atoms with E-state index in [2.05, 4.69) is 11.1 Å². The zero-order valence-electron chi connectivity index (χ0n) is 16.6. The Morgan fingerprint density at radius 1 is 1.17 bits per heavy atom. The Kier molecular flexibility index (Phi) is 6.65. The number of nitrogens with zero attached hydrogens (tertiary/aromatic N) is 3. The van der Waals surface area contributed by atoms with Gasteiger partial charge < -0.3 is 9.64 Å². The van der Waals surface area contributed by atoms with Gasteiger partial charge >= 0.3 is 5.69 Å². The summed E-state index contributed by atoms with van der Waals surface area (Å²) in [6.07, 6.45) is 0.217. The molecule has 0 atom stereocenters. The summed E-state index contributed by atoms with van der Waals surface area (Å²) in [4.78, 5) is 41.1. The van der Waals surface area contributed by atoms with E-state index in [0.29, 0.717) is 28.9 Å². The maximum atomic E-state index is 12.9. The minimum Gasteiger partial charge on any atom is -0.494 e. The fourth-order valence-corrected chi connectivity index (χ4v) is 3.26. The minimum atomic E-state index is -0.559. The van der Waals surface area contributed by atoms with Crippen LogP contribution in [0.15, 0.2) is 58.1 Å². The number of rotatable bonds is 8. The van der Waals surface area contributed by atoms with Crippen LogP contribution in [-0.2, 0) is 11.3 Å². The number of anilines is 1. The normalized spacial score (nSPS) is 10.5. The van der Waals surface area contributed by atoms with Crippen molar-refractivity contribution in [2.45, 2.75) is 26.3 Å². The number of fused-ring (bicyclic) bond motifs is 1. The number of carbonyl (C=O) groups excluding carboxylic acids is 1. The van der Waals surface area contributed by atoms with Crippen molar-refractivity contribution in [1.82, 2.24) is 9.55 Å². The van der Waals surface area contributed by atoms with E-state index in [-0.39, 0.29) is 31.8 Å². The van der Waals surface area contributed by atoms with E-state index in [1.165, 1.54) is 9.47 Å². The Morgan fingerprint density at radius 3 is 2.60 bits per heavy atom. The van der Waals surface area contributed by atoms with E-state index in [0.717, 1.165) is 0 Å². The Balaban J connectivity index is 1.83. The highest BCUT2D eigenvalue weighted by Gasteiger charge is 2.17. The van der Waals surface area contributed by atoms with Crippen molar-refractivity contribution in [3.63, 3.8) is 0 Å². The van der Waals surface area contributed by atoms with E-state index < -0.39 is 11.2 Å². The van der Waals surface area contributed by atoms with Gasteiger partial charge in [0.2, 0.25) is 5.91 Å². The molecule has 3 aromatic rings. The first-order valence-electron chi connectivity index (χ1n) is 9.67. The first-order chi connectivity index (χ1) is 14.5. The number of benzene rings is 2. The smallest absolute Gasteiger partial charge is 0.328 e. The molecule has 0 saturated heterocycles. The summed E-state index contributed by atoms with van der Waals surface area (Å²) in [5, 5.41) is 9.35. The predicted octanol–water partition coefficient (Wildman–Crippen LogP) is 2.43. The summed E-state index contributed by atoms with van der Waals surface area (Å²) >= 11 is 0. The van der Waals surface area contributed by atoms with Gasteiger partial charge in [0.25, 0.3) is 5.56 Å². The zero-order valence-corrected chi connectivity index (χ0v) is 16.6. The molecule has 0 aliphatic heterocycles. The zero-order chi connectivity index (χ0) is 21.5. The van der Waals surface area contributed by atoms with Gasteiger partial charge in [-0.25, -0.2) is 4.79 Å². The number of amides is 1. The monoisotopic (exact) mass is 406 g/mol. The number of para-hydroxylation sites is 1. The standard InChI is InChI=1S/C22H22N4O4/c1-2-30-17-10-8-16(9-11-17)25(14-5-13-23)20(27)12-15-26-19-7-4-3-6-18(19)21(28)24-22(26)29/h3-4,6-11H,2,5,12,14-15H2,1H3,(H,24,28,29). The van der Waals surface area contributed by atoms with Crippen LogP contribution in [-0.4, -0.2) is 28.6 Å². The lowest BCUT2D eigenvalue weighted by atomic mass is 10.2. The quantitative estimate of drug-likeness (QED) is 0.618. The van der Waals surface area contributed by atoms with Crippen molar-refractivity contribution in [1.29, 1.82) is 5.26 Å². The molecule has 1 N–H and O–H groups in total. The molecule has 0 radical (unpaired) electrons. The molecule has 1 amide bonds. The molecule has 0 bridgehead atoms. The Morgan fingerprint density at radius 2 is 1.90 bits per heavy atom. The molecule has 8 heteroatoms. The van der Waals surface area contributed by atoms with Gasteiger partial charge in [0, 0.05) is 25.2 Å². The number of aryl methyl sites for hydroxylation is 1. The summed E-state index contributed by atoms with van der Waals surface area (Å²) in [6.45, 7) is 2.77. The molecule has 0 aliphatic rings. The average molecular weight is 406 g/mol. The maximum Gasteiger partial charge on any atom is 0.328 e. The molecule has 2 aromatic carbocycles. The number of aromatic amines is 1. The van der Waals surface area contributed by atoms with Crippen LogP contribution in [0.5, 0.6) is 5.75 Å². The Hall–Kier alpha value is -3.86. The lowest BCUT2D eigenvalue weighted by Crippen LogP contribution is -2.35. The van der Waals surface area contributed by atoms with Gasteiger partial charge in [-0.1, -0.05) is 12.1 Å². The first kappa shape index (κ1) is 20.9. The van der Waals surface area contributed by atoms with E-state index in [9.17, 15) is 14.4 Å². The Bertz CT molecular complexity index is 1190. The van der Waals surface area contributed by atoms with Crippen LogP contribution in [0, 0.1) is 11.3 Å². The average Bonchev–Trinajstić information content (AvgIpc) is 2.75. The lowest BCUT2D eigenvalue weighted by Gasteiger charge is -2.22. The first-order valence-corrected chi connectivity index (χ1v) is 9.67. The summed E-state index contributed by atoms with van der Waals surface area (Å²) in [7, 11) is 0. The lowest BCUT2D eigenvalue weighted by molar-refractivity contribution is -0.118. The molecule has 1 heterocycles. The number of hydrogen-bond donors (Lipinski definition) is 1. The van der Waals surface area contributed by atoms with Crippen LogP contribution in [0.4, 0.5) is 5.69 Å². The van der Waals surface area contributed by atoms with Gasteiger partial charge in [0.1, 0.15) is 5.75 Å². The van der Waals surface area contributed by atoms with Crippen molar-refractivity contribution in [3.05, 3.63) is 69.4 Å². The fraction of sp³-hybridized carbons (Fsp3) is 0.273. The van der Waals surface area contributed by atoms with E-state index in [1.807, 2.05) is 6.92 Å². The van der Waals surface area contributed by atoms with E-state index >= 15 is 0 Å². The highest BCUT2D eigenvalue weighted by molar-refractivity contribution is 5.93. The van der Waals surface area contributed by atoms with Crippen molar-refractivity contribution < 1.29 is 9.53 Å². The summed E-state index contributed by atoms with van der Waals surface area (Å²) < 4.78 is 6.81. The molecular formula is C22H22N4O4. The Labute approximate surface area is 172 Å². The molecule has 0 unspecified atom stereocenters. The number of hydrogen-bond acceptors (Lipinski definition) is 5. The van der Waals surface area contributed by atoms with E-state index in [4.69, 9.17) is 10.00 Å². The van der Waals surface area contributed by atoms with Gasteiger partial charge in [0.05, 0.1) is 30.0 Å². The van der Waals surface area contributed by atoms with Crippen molar-refractivity contribution in [3.8, 4) is 11.8 Å². The summed E-state index contributed by atoms with van der Waals surface area (Å²) in [5.41, 5.74) is 0.112. The van der Waals surface area contributed by atoms with Crippen LogP contribution in [0.3, 0.4) is 0 Å². The highest BCUT2D eigenvalue weighted by atomic mass is 16.5. The molecular weight excluding hydrogens is 384 g/mol. The SMILES string of the molecule is CCOc1ccc(N(CCC#N)C(=O)CCn2c(=O)[nH]c(=O)c3ccccc32)cc1. The van der Waals surface area contributed by atoms with Gasteiger partial charge in [-0.05, 0) is 43.3 Å². The number of carbonyl (C=O) groups is 1. The largest absolute Gasteiger partial charge is 0.494 e. The molecule has 0 spiro atoms. The van der Waals surface area contributed by atoms with Crippen LogP contribution in [0.1, 0.15) is 19.8 Å². The third kappa shape index (κ3) is 4.58. The maximum absolute atomic E-state index is 12.9. The molecule has 1 aromatic heterocycles. The van der Waals surface area contributed by atoms with Crippen molar-refractivity contribution >= 4 is 22.5 Å². The molecule has 0 fully saturated rings. The molecule has 8 nitrogen and oxygen atoms in total. The van der Waals surface area contributed by atoms with Gasteiger partial charge in [-0.2, -0.15) is 5.26 Å². The second-order valence-corrected chi connectivity index (χ2v) is 6.56. The van der Waals surface area contributed by atoms with Crippen LogP contribution < -0.4 is 20.9 Å². The second-order valence-electron chi connectivity index (χ2n) is 6.56. The third-order valence-electron chi connectivity index (χ3n) is 4.66. The van der Waals surface area contributed by atoms with Crippen LogP contribution in [0.25, 0.3) is 10.9 Å². The molecule has 3 rings (SSSR count). The van der Waals surface area contributed by atoms with Crippen molar-refractivity contribution in [2.75, 3.05) is 18.1 Å². The van der Waals surface area contributed by atoms with Crippen LogP contribution in [0.2, 0.25) is 0 Å². The van der Waals surface area contributed by atoms with Gasteiger partial charge in [-0.15, -0.1) is 0 Å². The molecule has 30 heavy (non-hydrogen) atoms. The second kappa shape index (κ2) is 9.56. The number of ether oxygens (including phenoxy) is 1. The molecule has 0 saturated carbocycles. The number of aromatic nitrogens is 2. The minimum absolute atomic E-state index is 0.0363. The van der Waals surface area contributed by atoms with Crippen molar-refractivity contribution in [2.24, 2.45) is 0 Å². The topological polar surface area (TPSA) is 108 Å². The predicted molar refractivity (Wildman–Crippen MR) is 114 cm³/mol. The molecule has 0 aliphatic carbocycles. The van der Waals surface area contributed by atoms with Gasteiger partial charge in [-0.3, -0.25) is 19.1 Å². The van der Waals surface area contributed by atoms with Gasteiger partial charge in [0.15, 0.2) is 0 Å². The number of nitrogens with one attached hydrogen (secondary N) is 1. The number of H-pyrrole nitrogens is 1. The summed E-state index contributed by atoms with van der Waals surface area (Å²) in [6, 6.07) is 15.9.